The van der Waals surface area contributed by atoms with Gasteiger partial charge in [0.05, 0.1) is 6.61 Å². The molecule has 2 aromatic carbocycles. The summed E-state index contributed by atoms with van der Waals surface area (Å²) in [4.78, 5) is 0. The Balaban J connectivity index is 1.89. The number of hydrogen-bond acceptors (Lipinski definition) is 3. The molecule has 0 saturated carbocycles. The lowest BCUT2D eigenvalue weighted by Crippen LogP contribution is -2.24. The van der Waals surface area contributed by atoms with Gasteiger partial charge in [-0.25, -0.2) is 0 Å². The molecule has 1 aliphatic rings. The molecule has 3 rings (SSSR count). The van der Waals surface area contributed by atoms with Gasteiger partial charge < -0.3 is 0 Å². The predicted molar refractivity (Wildman–Crippen MR) is 88.5 cm³/mol. The van der Waals surface area contributed by atoms with E-state index >= 15 is 0 Å². The monoisotopic (exact) mass is 370 g/mol. The van der Waals surface area contributed by atoms with Crippen LogP contribution in [0.15, 0.2) is 42.5 Å². The summed E-state index contributed by atoms with van der Waals surface area (Å²) < 4.78 is 64.6. The van der Waals surface area contributed by atoms with Crippen LogP contribution in [0.3, 0.4) is 0 Å². The molecule has 0 saturated heterocycles. The zero-order chi connectivity index (χ0) is 18.1. The zero-order valence-corrected chi connectivity index (χ0v) is 14.2. The second-order valence-electron chi connectivity index (χ2n) is 6.03. The number of aryl methyl sites for hydroxylation is 1. The lowest BCUT2D eigenvalue weighted by Gasteiger charge is -2.14. The van der Waals surface area contributed by atoms with E-state index < -0.39 is 22.0 Å². The Bertz CT molecular complexity index is 873. The first-order valence-electron chi connectivity index (χ1n) is 7.88. The van der Waals surface area contributed by atoms with Crippen LogP contribution in [0.1, 0.15) is 23.1 Å². The fraction of sp³-hybridized carbons (Fsp3) is 0.333. The third-order valence-electron chi connectivity index (χ3n) is 4.19. The highest BCUT2D eigenvalue weighted by molar-refractivity contribution is 7.86. The Labute approximate surface area is 144 Å². The van der Waals surface area contributed by atoms with Crippen LogP contribution in [0.5, 0.6) is 0 Å². The average molecular weight is 370 g/mol. The Morgan fingerprint density at radius 3 is 2.44 bits per heavy atom. The van der Waals surface area contributed by atoms with Crippen molar-refractivity contribution >= 4 is 10.1 Å². The number of rotatable bonds is 4. The Hall–Kier alpha value is -1.86. The molecule has 0 atom stereocenters. The number of halogens is 3. The van der Waals surface area contributed by atoms with Gasteiger partial charge in [-0.1, -0.05) is 42.5 Å². The van der Waals surface area contributed by atoms with Crippen molar-refractivity contribution in [3.63, 3.8) is 0 Å². The van der Waals surface area contributed by atoms with Gasteiger partial charge >= 0.3 is 6.18 Å². The highest BCUT2D eigenvalue weighted by atomic mass is 32.2. The summed E-state index contributed by atoms with van der Waals surface area (Å²) in [6.45, 7) is -0.385. The minimum absolute atomic E-state index is 0.385. The zero-order valence-electron chi connectivity index (χ0n) is 13.3. The average Bonchev–Trinajstić information content (AvgIpc) is 2.70. The van der Waals surface area contributed by atoms with E-state index in [4.69, 9.17) is 0 Å². The normalized spacial score (nSPS) is 14.5. The first-order chi connectivity index (χ1) is 11.8. The van der Waals surface area contributed by atoms with E-state index in [9.17, 15) is 21.6 Å². The molecule has 0 amide bonds. The van der Waals surface area contributed by atoms with Gasteiger partial charge in [0.15, 0.2) is 5.75 Å². The molecule has 3 nitrogen and oxygen atoms in total. The van der Waals surface area contributed by atoms with E-state index in [1.807, 2.05) is 24.3 Å². The maximum atomic E-state index is 12.3. The Morgan fingerprint density at radius 1 is 0.960 bits per heavy atom. The first-order valence-corrected chi connectivity index (χ1v) is 9.46. The third kappa shape index (κ3) is 4.41. The van der Waals surface area contributed by atoms with Crippen LogP contribution in [0.25, 0.3) is 11.1 Å². The first kappa shape index (κ1) is 17.9. The van der Waals surface area contributed by atoms with E-state index in [0.717, 1.165) is 36.0 Å². The van der Waals surface area contributed by atoms with Gasteiger partial charge in [-0.15, -0.1) is 0 Å². The van der Waals surface area contributed by atoms with Gasteiger partial charge in [-0.05, 0) is 47.1 Å². The Morgan fingerprint density at radius 2 is 1.68 bits per heavy atom. The highest BCUT2D eigenvalue weighted by Crippen LogP contribution is 2.34. The smallest absolute Gasteiger partial charge is 0.265 e. The van der Waals surface area contributed by atoms with Crippen LogP contribution in [0.2, 0.25) is 0 Å². The molecule has 0 spiro atoms. The minimum atomic E-state index is -4.81. The van der Waals surface area contributed by atoms with Crippen molar-refractivity contribution in [2.75, 3.05) is 5.75 Å². The van der Waals surface area contributed by atoms with Gasteiger partial charge in [0, 0.05) is 0 Å². The molecular formula is C18H17F3O3S. The molecule has 0 radical (unpaired) electrons. The number of fused-ring (bicyclic) bond motifs is 3. The predicted octanol–water partition coefficient (Wildman–Crippen LogP) is 4.25. The van der Waals surface area contributed by atoms with E-state index in [1.54, 1.807) is 12.1 Å². The molecule has 1 aliphatic carbocycles. The lowest BCUT2D eigenvalue weighted by molar-refractivity contribution is -0.107. The molecule has 0 N–H and O–H groups in total. The standard InChI is InChI=1S/C18H17F3O3S/c19-18(20,21)12-25(22,23)24-11-14-7-4-10-17-15-8-2-1-5-13(15)6-3-9-16(14)17/h1-2,4-5,7-8,10H,3,6,9,11-12H2. The second-order valence-corrected chi connectivity index (χ2v) is 7.67. The fourth-order valence-corrected chi connectivity index (χ4v) is 3.96. The van der Waals surface area contributed by atoms with Gasteiger partial charge in [0.25, 0.3) is 10.1 Å². The van der Waals surface area contributed by atoms with Crippen LogP contribution in [-0.2, 0) is 33.7 Å². The quantitative estimate of drug-likeness (QED) is 0.756. The molecule has 0 heterocycles. The van der Waals surface area contributed by atoms with Crippen LogP contribution >= 0.6 is 0 Å². The Kier molecular flexibility index (Phi) is 4.88. The van der Waals surface area contributed by atoms with E-state index in [1.165, 1.54) is 5.56 Å². The van der Waals surface area contributed by atoms with Gasteiger partial charge in [-0.2, -0.15) is 21.6 Å². The van der Waals surface area contributed by atoms with E-state index in [-0.39, 0.29) is 6.61 Å². The number of benzene rings is 2. The van der Waals surface area contributed by atoms with Crippen molar-refractivity contribution in [2.45, 2.75) is 32.0 Å². The van der Waals surface area contributed by atoms with Crippen molar-refractivity contribution in [3.8, 4) is 11.1 Å². The topological polar surface area (TPSA) is 43.4 Å². The molecule has 25 heavy (non-hydrogen) atoms. The second kappa shape index (κ2) is 6.80. The van der Waals surface area contributed by atoms with Gasteiger partial charge in [0.2, 0.25) is 0 Å². The number of hydrogen-bond donors (Lipinski definition) is 0. The van der Waals surface area contributed by atoms with E-state index in [0.29, 0.717) is 5.56 Å². The SMILES string of the molecule is O=S(=O)(CC(F)(F)F)OCc1cccc2c1CCCc1ccccc1-2. The van der Waals surface area contributed by atoms with Gasteiger partial charge in [0.1, 0.15) is 0 Å². The van der Waals surface area contributed by atoms with Crippen LogP contribution in [0.4, 0.5) is 13.2 Å². The molecule has 0 aromatic heterocycles. The van der Waals surface area contributed by atoms with Crippen LogP contribution in [0, 0.1) is 0 Å². The lowest BCUT2D eigenvalue weighted by atomic mass is 9.94. The summed E-state index contributed by atoms with van der Waals surface area (Å²) in [5.41, 5.74) is 4.83. The highest BCUT2D eigenvalue weighted by Gasteiger charge is 2.36. The summed E-state index contributed by atoms with van der Waals surface area (Å²) in [6.07, 6.45) is -2.30. The molecule has 0 fully saturated rings. The van der Waals surface area contributed by atoms with Crippen LogP contribution < -0.4 is 0 Å². The summed E-state index contributed by atoms with van der Waals surface area (Å²) in [7, 11) is -4.66. The molecule has 7 heteroatoms. The minimum Gasteiger partial charge on any atom is -0.265 e. The maximum absolute atomic E-state index is 12.3. The van der Waals surface area contributed by atoms with Gasteiger partial charge in [-0.3, -0.25) is 4.18 Å². The molecule has 134 valence electrons. The molecule has 0 aliphatic heterocycles. The summed E-state index contributed by atoms with van der Waals surface area (Å²) in [5.74, 6) is -1.97. The summed E-state index contributed by atoms with van der Waals surface area (Å²) in [5, 5.41) is 0. The largest absolute Gasteiger partial charge is 0.405 e. The van der Waals surface area contributed by atoms with Crippen molar-refractivity contribution in [2.24, 2.45) is 0 Å². The van der Waals surface area contributed by atoms with E-state index in [2.05, 4.69) is 10.2 Å². The van der Waals surface area contributed by atoms with Crippen molar-refractivity contribution in [1.29, 1.82) is 0 Å². The third-order valence-corrected chi connectivity index (χ3v) is 5.35. The summed E-state index contributed by atoms with van der Waals surface area (Å²) >= 11 is 0. The number of alkyl halides is 3. The molecule has 0 bridgehead atoms. The molecular weight excluding hydrogens is 353 g/mol. The maximum Gasteiger partial charge on any atom is 0.405 e. The van der Waals surface area contributed by atoms with Crippen molar-refractivity contribution < 1.29 is 25.8 Å². The molecule has 2 aromatic rings. The van der Waals surface area contributed by atoms with Crippen molar-refractivity contribution in [3.05, 3.63) is 59.2 Å². The van der Waals surface area contributed by atoms with Crippen LogP contribution in [-0.4, -0.2) is 20.3 Å². The fourth-order valence-electron chi connectivity index (χ4n) is 3.17. The molecule has 0 unspecified atom stereocenters. The van der Waals surface area contributed by atoms with Crippen molar-refractivity contribution in [1.82, 2.24) is 0 Å². The summed E-state index contributed by atoms with van der Waals surface area (Å²) in [6, 6.07) is 13.4.